The standard InChI is InChI=1S/C23H28N4O3/c1-16(2)21(22(29)24-14-8-11-17-9-4-3-5-10-17)26-23(30)27-15-20(28)25-18-12-6-7-13-19(18)27/h3-7,9-10,12-13,16,21H,8,11,14-15H2,1-2H3,(H,24,29)(H,25,28)(H,26,30). The third kappa shape index (κ3) is 5.37. The van der Waals surface area contributed by atoms with E-state index in [-0.39, 0.29) is 24.3 Å². The molecule has 2 aromatic carbocycles. The second kappa shape index (κ2) is 9.91. The van der Waals surface area contributed by atoms with Crippen LogP contribution in [-0.4, -0.2) is 37.0 Å². The maximum absolute atomic E-state index is 12.9. The molecule has 0 fully saturated rings. The summed E-state index contributed by atoms with van der Waals surface area (Å²) in [7, 11) is 0. The molecule has 1 heterocycles. The SMILES string of the molecule is CC(C)C(NC(=O)N1CC(=O)Nc2ccccc21)C(=O)NCCCc1ccccc1. The molecule has 0 saturated carbocycles. The minimum atomic E-state index is -0.689. The van der Waals surface area contributed by atoms with Gasteiger partial charge in [-0.15, -0.1) is 0 Å². The molecule has 0 bridgehead atoms. The maximum Gasteiger partial charge on any atom is 0.323 e. The quantitative estimate of drug-likeness (QED) is 0.615. The number of nitrogens with one attached hydrogen (secondary N) is 3. The van der Waals surface area contributed by atoms with E-state index in [1.165, 1.54) is 10.5 Å². The van der Waals surface area contributed by atoms with E-state index in [4.69, 9.17) is 0 Å². The number of rotatable bonds is 7. The van der Waals surface area contributed by atoms with E-state index < -0.39 is 12.1 Å². The van der Waals surface area contributed by atoms with Crippen molar-refractivity contribution in [1.82, 2.24) is 10.6 Å². The lowest BCUT2D eigenvalue weighted by Crippen LogP contribution is -2.55. The van der Waals surface area contributed by atoms with Gasteiger partial charge in [0.05, 0.1) is 11.4 Å². The van der Waals surface area contributed by atoms with E-state index >= 15 is 0 Å². The van der Waals surface area contributed by atoms with E-state index in [9.17, 15) is 14.4 Å². The molecule has 1 aliphatic rings. The number of anilines is 2. The zero-order valence-electron chi connectivity index (χ0n) is 17.4. The molecule has 1 aliphatic heterocycles. The Bertz CT molecular complexity index is 898. The Morgan fingerprint density at radius 1 is 1.07 bits per heavy atom. The average molecular weight is 409 g/mol. The Morgan fingerprint density at radius 2 is 1.77 bits per heavy atom. The minimum absolute atomic E-state index is 0.0909. The highest BCUT2D eigenvalue weighted by Gasteiger charge is 2.31. The third-order valence-corrected chi connectivity index (χ3v) is 5.03. The summed E-state index contributed by atoms with van der Waals surface area (Å²) in [6, 6.07) is 16.0. The number of carbonyl (C=O) groups excluding carboxylic acids is 3. The van der Waals surface area contributed by atoms with Crippen molar-refractivity contribution in [3.8, 4) is 0 Å². The Labute approximate surface area is 176 Å². The fourth-order valence-corrected chi connectivity index (χ4v) is 3.42. The number of hydrogen-bond acceptors (Lipinski definition) is 3. The summed E-state index contributed by atoms with van der Waals surface area (Å²) in [4.78, 5) is 38.9. The van der Waals surface area contributed by atoms with Crippen LogP contribution in [0.3, 0.4) is 0 Å². The highest BCUT2D eigenvalue weighted by atomic mass is 16.2. The predicted molar refractivity (Wildman–Crippen MR) is 117 cm³/mol. The van der Waals surface area contributed by atoms with Gasteiger partial charge < -0.3 is 16.0 Å². The highest BCUT2D eigenvalue weighted by Crippen LogP contribution is 2.28. The monoisotopic (exact) mass is 408 g/mol. The average Bonchev–Trinajstić information content (AvgIpc) is 2.74. The molecular formula is C23H28N4O3. The summed E-state index contributed by atoms with van der Waals surface area (Å²) in [6.07, 6.45) is 1.69. The molecule has 3 rings (SSSR count). The van der Waals surface area contributed by atoms with Gasteiger partial charge in [-0.1, -0.05) is 56.3 Å². The van der Waals surface area contributed by atoms with E-state index in [2.05, 4.69) is 28.1 Å². The molecule has 0 aliphatic carbocycles. The molecule has 3 N–H and O–H groups in total. The molecule has 0 aromatic heterocycles. The van der Waals surface area contributed by atoms with Gasteiger partial charge in [0.15, 0.2) is 0 Å². The second-order valence-electron chi connectivity index (χ2n) is 7.70. The van der Waals surface area contributed by atoms with Crippen molar-refractivity contribution >= 4 is 29.2 Å². The van der Waals surface area contributed by atoms with Gasteiger partial charge in [0.1, 0.15) is 12.6 Å². The number of carbonyl (C=O) groups is 3. The number of hydrogen-bond donors (Lipinski definition) is 3. The number of para-hydroxylation sites is 2. The summed E-state index contributed by atoms with van der Waals surface area (Å²) < 4.78 is 0. The molecule has 0 saturated heterocycles. The number of aryl methyl sites for hydroxylation is 1. The molecule has 1 unspecified atom stereocenters. The first kappa shape index (κ1) is 21.4. The van der Waals surface area contributed by atoms with E-state index in [0.717, 1.165) is 12.8 Å². The molecule has 4 amide bonds. The van der Waals surface area contributed by atoms with Gasteiger partial charge >= 0.3 is 6.03 Å². The lowest BCUT2D eigenvalue weighted by molar-refractivity contribution is -0.123. The van der Waals surface area contributed by atoms with Crippen LogP contribution in [0.15, 0.2) is 54.6 Å². The van der Waals surface area contributed by atoms with Crippen molar-refractivity contribution in [3.63, 3.8) is 0 Å². The Hall–Kier alpha value is -3.35. The number of benzene rings is 2. The summed E-state index contributed by atoms with van der Waals surface area (Å²) in [6.45, 7) is 4.20. The van der Waals surface area contributed by atoms with Crippen molar-refractivity contribution in [1.29, 1.82) is 0 Å². The van der Waals surface area contributed by atoms with Crippen LogP contribution in [-0.2, 0) is 16.0 Å². The minimum Gasteiger partial charge on any atom is -0.354 e. The molecule has 7 heteroatoms. The van der Waals surface area contributed by atoms with Crippen molar-refractivity contribution in [3.05, 3.63) is 60.2 Å². The molecule has 158 valence electrons. The second-order valence-corrected chi connectivity index (χ2v) is 7.70. The molecule has 0 spiro atoms. The smallest absolute Gasteiger partial charge is 0.323 e. The van der Waals surface area contributed by atoms with Gasteiger partial charge in [-0.3, -0.25) is 14.5 Å². The molecule has 0 radical (unpaired) electrons. The van der Waals surface area contributed by atoms with Crippen LogP contribution in [0.25, 0.3) is 0 Å². The normalized spacial score (nSPS) is 14.0. The van der Waals surface area contributed by atoms with Crippen LogP contribution in [0.5, 0.6) is 0 Å². The number of amides is 4. The first-order valence-electron chi connectivity index (χ1n) is 10.2. The van der Waals surface area contributed by atoms with Gasteiger partial charge in [-0.2, -0.15) is 0 Å². The third-order valence-electron chi connectivity index (χ3n) is 5.03. The summed E-state index contributed by atoms with van der Waals surface area (Å²) in [5.74, 6) is -0.589. The van der Waals surface area contributed by atoms with Crippen molar-refractivity contribution in [2.75, 3.05) is 23.3 Å². The topological polar surface area (TPSA) is 90.5 Å². The van der Waals surface area contributed by atoms with Gasteiger partial charge in [-0.25, -0.2) is 4.79 Å². The zero-order chi connectivity index (χ0) is 21.5. The first-order valence-corrected chi connectivity index (χ1v) is 10.2. The Morgan fingerprint density at radius 3 is 2.50 bits per heavy atom. The molecular weight excluding hydrogens is 380 g/mol. The van der Waals surface area contributed by atoms with Crippen molar-refractivity contribution in [2.45, 2.75) is 32.7 Å². The van der Waals surface area contributed by atoms with Crippen LogP contribution >= 0.6 is 0 Å². The maximum atomic E-state index is 12.9. The van der Waals surface area contributed by atoms with Gasteiger partial charge in [0, 0.05) is 6.54 Å². The van der Waals surface area contributed by atoms with Crippen molar-refractivity contribution in [2.24, 2.45) is 5.92 Å². The van der Waals surface area contributed by atoms with Gasteiger partial charge in [-0.05, 0) is 36.5 Å². The number of fused-ring (bicyclic) bond motifs is 1. The van der Waals surface area contributed by atoms with Crippen LogP contribution in [0.4, 0.5) is 16.2 Å². The summed E-state index contributed by atoms with van der Waals surface area (Å²) in [5, 5.41) is 8.47. The molecule has 30 heavy (non-hydrogen) atoms. The van der Waals surface area contributed by atoms with Crippen LogP contribution < -0.4 is 20.9 Å². The predicted octanol–water partition coefficient (Wildman–Crippen LogP) is 2.93. The Kier molecular flexibility index (Phi) is 7.06. The van der Waals surface area contributed by atoms with Crippen LogP contribution in [0, 0.1) is 5.92 Å². The summed E-state index contributed by atoms with van der Waals surface area (Å²) >= 11 is 0. The fourth-order valence-electron chi connectivity index (χ4n) is 3.42. The van der Waals surface area contributed by atoms with Gasteiger partial charge in [0.2, 0.25) is 11.8 Å². The first-order chi connectivity index (χ1) is 14.5. The zero-order valence-corrected chi connectivity index (χ0v) is 17.4. The van der Waals surface area contributed by atoms with E-state index in [1.54, 1.807) is 24.3 Å². The van der Waals surface area contributed by atoms with Crippen LogP contribution in [0.1, 0.15) is 25.8 Å². The molecule has 7 nitrogen and oxygen atoms in total. The molecule has 2 aromatic rings. The number of nitrogens with zero attached hydrogens (tertiary/aromatic N) is 1. The fraction of sp³-hybridized carbons (Fsp3) is 0.348. The lowest BCUT2D eigenvalue weighted by Gasteiger charge is -2.31. The van der Waals surface area contributed by atoms with Gasteiger partial charge in [0.25, 0.3) is 0 Å². The lowest BCUT2D eigenvalue weighted by atomic mass is 10.0. The van der Waals surface area contributed by atoms with E-state index in [1.807, 2.05) is 32.0 Å². The number of urea groups is 1. The van der Waals surface area contributed by atoms with Crippen molar-refractivity contribution < 1.29 is 14.4 Å². The highest BCUT2D eigenvalue weighted by molar-refractivity contribution is 6.10. The largest absolute Gasteiger partial charge is 0.354 e. The van der Waals surface area contributed by atoms with E-state index in [0.29, 0.717) is 17.9 Å². The Balaban J connectivity index is 1.57. The van der Waals surface area contributed by atoms with Crippen LogP contribution in [0.2, 0.25) is 0 Å². The molecule has 1 atom stereocenters. The summed E-state index contributed by atoms with van der Waals surface area (Å²) in [5.41, 5.74) is 2.42.